The summed E-state index contributed by atoms with van der Waals surface area (Å²) in [4.78, 5) is 0. The maximum atomic E-state index is 6.08. The lowest BCUT2D eigenvalue weighted by Gasteiger charge is -2.22. The minimum Gasteiger partial charge on any atom is -0.413 e. The highest BCUT2D eigenvalue weighted by Gasteiger charge is 2.21. The highest BCUT2D eigenvalue weighted by Crippen LogP contribution is 2.18. The Bertz CT molecular complexity index is 308. The van der Waals surface area contributed by atoms with Gasteiger partial charge in [-0.15, -0.1) is 0 Å². The van der Waals surface area contributed by atoms with Gasteiger partial charge in [0.15, 0.2) is 8.32 Å². The third-order valence-electron chi connectivity index (χ3n) is 2.68. The average molecular weight is 301 g/mol. The van der Waals surface area contributed by atoms with E-state index in [4.69, 9.17) is 4.43 Å². The van der Waals surface area contributed by atoms with E-state index >= 15 is 0 Å². The molecule has 0 N–H and O–H groups in total. The molecule has 0 bridgehead atoms. The molecule has 0 spiro atoms. The Labute approximate surface area is 108 Å². The molecule has 0 fully saturated rings. The summed E-state index contributed by atoms with van der Waals surface area (Å²) < 4.78 is 7.20. The van der Waals surface area contributed by atoms with Gasteiger partial charge in [-0.1, -0.05) is 47.8 Å². The number of hydrogen-bond acceptors (Lipinski definition) is 1. The van der Waals surface area contributed by atoms with Crippen LogP contribution >= 0.6 is 15.9 Å². The van der Waals surface area contributed by atoms with Crippen LogP contribution in [0.15, 0.2) is 28.7 Å². The average Bonchev–Trinajstić information content (AvgIpc) is 2.26. The summed E-state index contributed by atoms with van der Waals surface area (Å²) in [5.41, 5.74) is 1.26. The van der Waals surface area contributed by atoms with Gasteiger partial charge in [0.1, 0.15) is 0 Å². The van der Waals surface area contributed by atoms with Crippen LogP contribution in [0.2, 0.25) is 19.1 Å². The molecule has 0 aliphatic rings. The Morgan fingerprint density at radius 3 is 2.38 bits per heavy atom. The van der Waals surface area contributed by atoms with E-state index in [1.54, 1.807) is 0 Å². The first-order valence-electron chi connectivity index (χ1n) is 5.92. The standard InChI is InChI=1S/C13H21BrOSi/c1-4-5-10-16(2,3)15-11-12-6-8-13(14)9-7-12/h6-9H,4-5,10-11H2,1-3H3. The molecule has 3 heteroatoms. The van der Waals surface area contributed by atoms with Crippen LogP contribution in [-0.2, 0) is 11.0 Å². The lowest BCUT2D eigenvalue weighted by Crippen LogP contribution is -2.29. The largest absolute Gasteiger partial charge is 0.413 e. The molecule has 0 unspecified atom stereocenters. The summed E-state index contributed by atoms with van der Waals surface area (Å²) >= 11 is 3.44. The van der Waals surface area contributed by atoms with Crippen molar-refractivity contribution in [3.05, 3.63) is 34.3 Å². The van der Waals surface area contributed by atoms with E-state index in [9.17, 15) is 0 Å². The first kappa shape index (κ1) is 13.9. The van der Waals surface area contributed by atoms with E-state index in [1.165, 1.54) is 24.4 Å². The highest BCUT2D eigenvalue weighted by atomic mass is 79.9. The molecule has 0 aromatic heterocycles. The van der Waals surface area contributed by atoms with Crippen LogP contribution < -0.4 is 0 Å². The van der Waals surface area contributed by atoms with Crippen LogP contribution in [0, 0.1) is 0 Å². The molecule has 1 nitrogen and oxygen atoms in total. The summed E-state index contributed by atoms with van der Waals surface area (Å²) in [6, 6.07) is 9.64. The molecule has 0 saturated heterocycles. The van der Waals surface area contributed by atoms with Gasteiger partial charge in [-0.05, 0) is 36.8 Å². The summed E-state index contributed by atoms with van der Waals surface area (Å²) in [5.74, 6) is 0. The Kier molecular flexibility index (Phi) is 5.73. The van der Waals surface area contributed by atoms with Crippen molar-refractivity contribution in [2.24, 2.45) is 0 Å². The number of rotatable bonds is 6. The number of benzene rings is 1. The van der Waals surface area contributed by atoms with Gasteiger partial charge in [0.2, 0.25) is 0 Å². The first-order valence-corrected chi connectivity index (χ1v) is 9.83. The minimum atomic E-state index is -1.43. The zero-order valence-electron chi connectivity index (χ0n) is 10.4. The molecule has 0 radical (unpaired) electrons. The molecular weight excluding hydrogens is 280 g/mol. The minimum absolute atomic E-state index is 0.760. The first-order chi connectivity index (χ1) is 7.53. The van der Waals surface area contributed by atoms with Crippen LogP contribution in [0.25, 0.3) is 0 Å². The summed E-state index contributed by atoms with van der Waals surface area (Å²) in [5, 5.41) is 0. The molecule has 1 aromatic carbocycles. The van der Waals surface area contributed by atoms with Crippen molar-refractivity contribution in [3.8, 4) is 0 Å². The lowest BCUT2D eigenvalue weighted by atomic mass is 10.2. The second kappa shape index (κ2) is 6.57. The number of unbranched alkanes of at least 4 members (excludes halogenated alkanes) is 1. The van der Waals surface area contributed by atoms with E-state index in [-0.39, 0.29) is 0 Å². The van der Waals surface area contributed by atoms with Gasteiger partial charge >= 0.3 is 0 Å². The molecule has 1 aromatic rings. The van der Waals surface area contributed by atoms with E-state index in [2.05, 4.69) is 60.2 Å². The molecule has 0 aliphatic heterocycles. The molecule has 0 aliphatic carbocycles. The molecule has 0 heterocycles. The van der Waals surface area contributed by atoms with E-state index in [1.807, 2.05) is 0 Å². The lowest BCUT2D eigenvalue weighted by molar-refractivity contribution is 0.294. The van der Waals surface area contributed by atoms with Gasteiger partial charge in [-0.2, -0.15) is 0 Å². The molecule has 0 saturated carbocycles. The fourth-order valence-electron chi connectivity index (χ4n) is 1.53. The van der Waals surface area contributed by atoms with Crippen molar-refractivity contribution in [2.75, 3.05) is 0 Å². The Balaban J connectivity index is 2.41. The van der Waals surface area contributed by atoms with Crippen molar-refractivity contribution in [2.45, 2.75) is 45.5 Å². The van der Waals surface area contributed by atoms with Gasteiger partial charge in [0, 0.05) is 4.47 Å². The molecular formula is C13H21BrOSi. The third kappa shape index (κ3) is 5.28. The predicted molar refractivity (Wildman–Crippen MR) is 76.1 cm³/mol. The summed E-state index contributed by atoms with van der Waals surface area (Å²) in [6.45, 7) is 7.61. The smallest absolute Gasteiger partial charge is 0.187 e. The monoisotopic (exact) mass is 300 g/mol. The Morgan fingerprint density at radius 1 is 1.19 bits per heavy atom. The van der Waals surface area contributed by atoms with Crippen molar-refractivity contribution in [1.82, 2.24) is 0 Å². The highest BCUT2D eigenvalue weighted by molar-refractivity contribution is 9.10. The van der Waals surface area contributed by atoms with Crippen molar-refractivity contribution in [3.63, 3.8) is 0 Å². The quantitative estimate of drug-likeness (QED) is 0.674. The van der Waals surface area contributed by atoms with Gasteiger partial charge < -0.3 is 4.43 Å². The molecule has 90 valence electrons. The zero-order valence-corrected chi connectivity index (χ0v) is 13.0. The van der Waals surface area contributed by atoms with Crippen LogP contribution in [0.3, 0.4) is 0 Å². The van der Waals surface area contributed by atoms with Gasteiger partial charge in [0.05, 0.1) is 6.61 Å². The zero-order chi connectivity index (χ0) is 12.0. The second-order valence-electron chi connectivity index (χ2n) is 4.78. The SMILES string of the molecule is CCCC[Si](C)(C)OCc1ccc(Br)cc1. The normalized spacial score (nSPS) is 11.8. The second-order valence-corrected chi connectivity index (χ2v) is 10.0. The van der Waals surface area contributed by atoms with Crippen molar-refractivity contribution < 1.29 is 4.43 Å². The summed E-state index contributed by atoms with van der Waals surface area (Å²) in [6.07, 6.45) is 2.55. The fraction of sp³-hybridized carbons (Fsp3) is 0.538. The van der Waals surface area contributed by atoms with E-state index in [0.29, 0.717) is 0 Å². The molecule has 0 amide bonds. The van der Waals surface area contributed by atoms with Crippen LogP contribution in [-0.4, -0.2) is 8.32 Å². The van der Waals surface area contributed by atoms with Gasteiger partial charge in [-0.3, -0.25) is 0 Å². The van der Waals surface area contributed by atoms with Crippen LogP contribution in [0.4, 0.5) is 0 Å². The van der Waals surface area contributed by atoms with Crippen LogP contribution in [0.1, 0.15) is 25.3 Å². The summed E-state index contributed by atoms with van der Waals surface area (Å²) in [7, 11) is -1.43. The van der Waals surface area contributed by atoms with Gasteiger partial charge in [0.25, 0.3) is 0 Å². The fourth-order valence-corrected chi connectivity index (χ4v) is 3.71. The van der Waals surface area contributed by atoms with Gasteiger partial charge in [-0.25, -0.2) is 0 Å². The van der Waals surface area contributed by atoms with E-state index in [0.717, 1.165) is 11.1 Å². The number of hydrogen-bond donors (Lipinski definition) is 0. The maximum Gasteiger partial charge on any atom is 0.187 e. The van der Waals surface area contributed by atoms with Crippen molar-refractivity contribution in [1.29, 1.82) is 0 Å². The molecule has 1 rings (SSSR count). The Morgan fingerprint density at radius 2 is 1.81 bits per heavy atom. The molecule has 16 heavy (non-hydrogen) atoms. The Hall–Kier alpha value is -0.123. The topological polar surface area (TPSA) is 9.23 Å². The predicted octanol–water partition coefficient (Wildman–Crippen LogP) is 4.97. The van der Waals surface area contributed by atoms with Crippen molar-refractivity contribution >= 4 is 24.2 Å². The third-order valence-corrected chi connectivity index (χ3v) is 5.69. The van der Waals surface area contributed by atoms with E-state index < -0.39 is 8.32 Å². The maximum absolute atomic E-state index is 6.08. The number of halogens is 1. The molecule has 0 atom stereocenters. The van der Waals surface area contributed by atoms with Crippen LogP contribution in [0.5, 0.6) is 0 Å².